The Morgan fingerprint density at radius 3 is 3.14 bits per heavy atom. The molecule has 0 spiro atoms. The number of fused-ring (bicyclic) bond motifs is 1. The summed E-state index contributed by atoms with van der Waals surface area (Å²) in [6.07, 6.45) is 7.76. The molecule has 0 radical (unpaired) electrons. The number of hydrogen-bond acceptors (Lipinski definition) is 2. The summed E-state index contributed by atoms with van der Waals surface area (Å²) in [4.78, 5) is 10.4. The molecule has 0 amide bonds. The molecule has 114 valence electrons. The zero-order chi connectivity index (χ0) is 14.9. The van der Waals surface area contributed by atoms with Crippen LogP contribution in [0, 0.1) is 11.7 Å². The highest BCUT2D eigenvalue weighted by Crippen LogP contribution is 2.49. The van der Waals surface area contributed by atoms with E-state index in [0.29, 0.717) is 11.8 Å². The monoisotopic (exact) mass is 298 g/mol. The number of hydrogen-bond donors (Lipinski definition) is 3. The quantitative estimate of drug-likeness (QED) is 0.613. The minimum Gasteiger partial charge on any atom is -0.361 e. The van der Waals surface area contributed by atoms with Gasteiger partial charge in [-0.05, 0) is 48.6 Å². The van der Waals surface area contributed by atoms with Crippen LogP contribution in [0.15, 0.2) is 36.9 Å². The van der Waals surface area contributed by atoms with Gasteiger partial charge >= 0.3 is 0 Å². The Bertz CT molecular complexity index is 762. The molecule has 1 aliphatic carbocycles. The maximum atomic E-state index is 13.4. The Labute approximate surface area is 128 Å². The highest BCUT2D eigenvalue weighted by atomic mass is 19.1. The highest BCUT2D eigenvalue weighted by Gasteiger charge is 2.39. The molecule has 0 bridgehead atoms. The predicted molar refractivity (Wildman–Crippen MR) is 84.3 cm³/mol. The van der Waals surface area contributed by atoms with Crippen molar-refractivity contribution in [1.82, 2.24) is 20.3 Å². The molecule has 3 N–H and O–H groups in total. The van der Waals surface area contributed by atoms with Crippen molar-refractivity contribution in [2.24, 2.45) is 5.92 Å². The third-order valence-electron chi connectivity index (χ3n) is 4.53. The number of aromatic nitrogens is 3. The summed E-state index contributed by atoms with van der Waals surface area (Å²) in [7, 11) is 0. The summed E-state index contributed by atoms with van der Waals surface area (Å²) in [5, 5.41) is 4.54. The van der Waals surface area contributed by atoms with E-state index in [4.69, 9.17) is 0 Å². The zero-order valence-corrected chi connectivity index (χ0v) is 12.3. The van der Waals surface area contributed by atoms with Crippen LogP contribution in [-0.4, -0.2) is 28.0 Å². The van der Waals surface area contributed by atoms with Crippen LogP contribution in [0.3, 0.4) is 0 Å². The van der Waals surface area contributed by atoms with E-state index in [2.05, 4.69) is 20.3 Å². The standard InChI is InChI=1S/C17H19FN4/c18-12-1-2-17-15(6-12)16(9-21-17)14-5-11(14)7-19-4-3-13-8-20-10-22-13/h1-2,6,8-11,14,19,21H,3-5,7H2,(H,20,22)/t11-,14+/m0/s1. The van der Waals surface area contributed by atoms with Gasteiger partial charge in [0, 0.05) is 42.0 Å². The lowest BCUT2D eigenvalue weighted by atomic mass is 10.1. The Morgan fingerprint density at radius 1 is 1.32 bits per heavy atom. The Kier molecular flexibility index (Phi) is 3.42. The van der Waals surface area contributed by atoms with E-state index in [1.165, 1.54) is 18.1 Å². The summed E-state index contributed by atoms with van der Waals surface area (Å²) in [6, 6.07) is 4.96. The fraction of sp³-hybridized carbons (Fsp3) is 0.353. The molecular formula is C17H19FN4. The molecule has 0 unspecified atom stereocenters. The van der Waals surface area contributed by atoms with E-state index in [9.17, 15) is 4.39 Å². The van der Waals surface area contributed by atoms with Crippen molar-refractivity contribution in [3.05, 3.63) is 54.0 Å². The average Bonchev–Trinajstić information content (AvgIpc) is 2.94. The minimum atomic E-state index is -0.164. The van der Waals surface area contributed by atoms with Crippen LogP contribution in [0.2, 0.25) is 0 Å². The molecule has 1 saturated carbocycles. The number of benzene rings is 1. The van der Waals surface area contributed by atoms with Crippen molar-refractivity contribution in [1.29, 1.82) is 0 Å². The minimum absolute atomic E-state index is 0.164. The third-order valence-corrected chi connectivity index (χ3v) is 4.53. The molecule has 5 heteroatoms. The SMILES string of the molecule is Fc1ccc2[nH]cc([C@@H]3C[C@H]3CNCCc3cnc[nH]3)c2c1. The summed E-state index contributed by atoms with van der Waals surface area (Å²) < 4.78 is 13.4. The lowest BCUT2D eigenvalue weighted by Gasteiger charge is -2.03. The Balaban J connectivity index is 1.32. The third kappa shape index (κ3) is 2.64. The van der Waals surface area contributed by atoms with Gasteiger partial charge in [0.15, 0.2) is 0 Å². The van der Waals surface area contributed by atoms with Crippen molar-refractivity contribution < 1.29 is 4.39 Å². The Morgan fingerprint density at radius 2 is 2.27 bits per heavy atom. The second-order valence-corrected chi connectivity index (χ2v) is 6.07. The fourth-order valence-corrected chi connectivity index (χ4v) is 3.21. The van der Waals surface area contributed by atoms with Crippen LogP contribution >= 0.6 is 0 Å². The van der Waals surface area contributed by atoms with Gasteiger partial charge in [-0.1, -0.05) is 0 Å². The van der Waals surface area contributed by atoms with Crippen molar-refractivity contribution in [3.8, 4) is 0 Å². The van der Waals surface area contributed by atoms with E-state index < -0.39 is 0 Å². The first-order chi connectivity index (χ1) is 10.8. The maximum absolute atomic E-state index is 13.4. The number of nitrogens with zero attached hydrogens (tertiary/aromatic N) is 1. The van der Waals surface area contributed by atoms with Gasteiger partial charge in [-0.25, -0.2) is 9.37 Å². The van der Waals surface area contributed by atoms with Crippen molar-refractivity contribution in [2.75, 3.05) is 13.1 Å². The Hall–Kier alpha value is -2.14. The molecule has 2 atom stereocenters. The predicted octanol–water partition coefficient (Wildman–Crippen LogP) is 2.97. The topological polar surface area (TPSA) is 56.5 Å². The van der Waals surface area contributed by atoms with Gasteiger partial charge in [0.1, 0.15) is 5.82 Å². The van der Waals surface area contributed by atoms with Crippen LogP contribution in [0.1, 0.15) is 23.6 Å². The largest absolute Gasteiger partial charge is 0.361 e. The van der Waals surface area contributed by atoms with Gasteiger partial charge in [0.05, 0.1) is 6.33 Å². The van der Waals surface area contributed by atoms with E-state index in [0.717, 1.165) is 36.1 Å². The van der Waals surface area contributed by atoms with E-state index >= 15 is 0 Å². The first-order valence-electron chi connectivity index (χ1n) is 7.76. The molecule has 3 aromatic rings. The molecule has 4 nitrogen and oxygen atoms in total. The highest BCUT2D eigenvalue weighted by molar-refractivity contribution is 5.84. The first-order valence-corrected chi connectivity index (χ1v) is 7.76. The molecule has 1 aliphatic rings. The molecule has 1 fully saturated rings. The van der Waals surface area contributed by atoms with E-state index in [1.54, 1.807) is 12.4 Å². The number of imidazole rings is 1. The maximum Gasteiger partial charge on any atom is 0.123 e. The van der Waals surface area contributed by atoms with Gasteiger partial charge in [-0.2, -0.15) is 0 Å². The van der Waals surface area contributed by atoms with Crippen LogP contribution in [-0.2, 0) is 6.42 Å². The summed E-state index contributed by atoms with van der Waals surface area (Å²) in [5.41, 5.74) is 3.44. The number of H-pyrrole nitrogens is 2. The number of rotatable bonds is 6. The first kappa shape index (κ1) is 13.5. The molecule has 4 rings (SSSR count). The second-order valence-electron chi connectivity index (χ2n) is 6.07. The summed E-state index contributed by atoms with van der Waals surface area (Å²) >= 11 is 0. The molecule has 0 saturated heterocycles. The zero-order valence-electron chi connectivity index (χ0n) is 12.3. The molecule has 22 heavy (non-hydrogen) atoms. The van der Waals surface area contributed by atoms with Crippen molar-refractivity contribution in [2.45, 2.75) is 18.8 Å². The van der Waals surface area contributed by atoms with Crippen molar-refractivity contribution in [3.63, 3.8) is 0 Å². The number of aromatic amines is 2. The summed E-state index contributed by atoms with van der Waals surface area (Å²) in [6.45, 7) is 1.97. The second kappa shape index (κ2) is 5.57. The molecule has 2 aromatic heterocycles. The van der Waals surface area contributed by atoms with Gasteiger partial charge in [0.25, 0.3) is 0 Å². The smallest absolute Gasteiger partial charge is 0.123 e. The molecule has 1 aromatic carbocycles. The van der Waals surface area contributed by atoms with Gasteiger partial charge in [0.2, 0.25) is 0 Å². The fourth-order valence-electron chi connectivity index (χ4n) is 3.21. The molecule has 0 aliphatic heterocycles. The van der Waals surface area contributed by atoms with Crippen LogP contribution in [0.25, 0.3) is 10.9 Å². The molecular weight excluding hydrogens is 279 g/mol. The normalized spacial score (nSPS) is 20.6. The number of nitrogens with one attached hydrogen (secondary N) is 3. The van der Waals surface area contributed by atoms with E-state index in [1.807, 2.05) is 18.5 Å². The van der Waals surface area contributed by atoms with Crippen LogP contribution < -0.4 is 5.32 Å². The van der Waals surface area contributed by atoms with Crippen LogP contribution in [0.4, 0.5) is 4.39 Å². The van der Waals surface area contributed by atoms with Crippen LogP contribution in [0.5, 0.6) is 0 Å². The van der Waals surface area contributed by atoms with Gasteiger partial charge in [-0.3, -0.25) is 0 Å². The van der Waals surface area contributed by atoms with Crippen molar-refractivity contribution >= 4 is 10.9 Å². The molecule has 2 heterocycles. The lowest BCUT2D eigenvalue weighted by molar-refractivity contribution is 0.623. The van der Waals surface area contributed by atoms with Gasteiger partial charge in [-0.15, -0.1) is 0 Å². The van der Waals surface area contributed by atoms with Gasteiger partial charge < -0.3 is 15.3 Å². The van der Waals surface area contributed by atoms with E-state index in [-0.39, 0.29) is 5.82 Å². The average molecular weight is 298 g/mol. The number of halogens is 1. The summed E-state index contributed by atoms with van der Waals surface area (Å²) in [5.74, 6) is 1.04. The lowest BCUT2D eigenvalue weighted by Crippen LogP contribution is -2.20.